The fourth-order valence-electron chi connectivity index (χ4n) is 2.70. The number of urea groups is 1. The summed E-state index contributed by atoms with van der Waals surface area (Å²) < 4.78 is 5.21. The summed E-state index contributed by atoms with van der Waals surface area (Å²) in [6, 6.07) is 7.48. The third-order valence-corrected chi connectivity index (χ3v) is 5.02. The molecule has 2 heterocycles. The summed E-state index contributed by atoms with van der Waals surface area (Å²) >= 11 is 1.47. The molecule has 118 valence electrons. The predicted octanol–water partition coefficient (Wildman–Crippen LogP) is 3.16. The molecule has 3 rings (SSSR count). The first-order chi connectivity index (χ1) is 10.7. The van der Waals surface area contributed by atoms with Crippen LogP contribution in [0.2, 0.25) is 0 Å². The Hall–Kier alpha value is -1.79. The fraction of sp³-hybridized carbons (Fsp3) is 0.438. The quantitative estimate of drug-likeness (QED) is 0.792. The predicted molar refractivity (Wildman–Crippen MR) is 84.7 cm³/mol. The van der Waals surface area contributed by atoms with E-state index in [2.05, 4.69) is 10.6 Å². The number of aliphatic hydroxyl groups is 1. The van der Waals surface area contributed by atoms with Crippen LogP contribution in [0.3, 0.4) is 0 Å². The Balaban J connectivity index is 1.50. The Bertz CT molecular complexity index is 603. The number of carbonyl (C=O) groups is 1. The molecule has 1 saturated carbocycles. The third kappa shape index (κ3) is 3.69. The molecule has 1 aliphatic carbocycles. The lowest BCUT2D eigenvalue weighted by molar-refractivity contribution is 0.193. The first-order valence-electron chi connectivity index (χ1n) is 7.57. The average molecular weight is 320 g/mol. The van der Waals surface area contributed by atoms with Crippen molar-refractivity contribution in [3.8, 4) is 0 Å². The molecular weight excluding hydrogens is 300 g/mol. The summed E-state index contributed by atoms with van der Waals surface area (Å²) in [4.78, 5) is 13.6. The molecule has 0 spiro atoms. The van der Waals surface area contributed by atoms with E-state index in [1.807, 2.05) is 12.1 Å². The van der Waals surface area contributed by atoms with Gasteiger partial charge in [-0.1, -0.05) is 12.8 Å². The molecule has 1 atom stereocenters. The van der Waals surface area contributed by atoms with Gasteiger partial charge in [-0.05, 0) is 37.1 Å². The lowest BCUT2D eigenvalue weighted by Gasteiger charge is -2.12. The van der Waals surface area contributed by atoms with Gasteiger partial charge >= 0.3 is 6.03 Å². The van der Waals surface area contributed by atoms with E-state index in [-0.39, 0.29) is 6.03 Å². The minimum absolute atomic E-state index is 0.117. The van der Waals surface area contributed by atoms with Crippen molar-refractivity contribution in [3.05, 3.63) is 46.0 Å². The Kier molecular flexibility index (Phi) is 4.80. The zero-order chi connectivity index (χ0) is 15.4. The highest BCUT2D eigenvalue weighted by molar-refractivity contribution is 7.12. The summed E-state index contributed by atoms with van der Waals surface area (Å²) in [7, 11) is 0. The number of aliphatic hydroxyl groups excluding tert-OH is 1. The minimum atomic E-state index is -0.749. The zero-order valence-electron chi connectivity index (χ0n) is 12.2. The monoisotopic (exact) mass is 320 g/mol. The van der Waals surface area contributed by atoms with Crippen LogP contribution in [0.15, 0.2) is 34.9 Å². The highest BCUT2D eigenvalue weighted by Gasteiger charge is 2.18. The van der Waals surface area contributed by atoms with Crippen molar-refractivity contribution in [2.24, 2.45) is 0 Å². The van der Waals surface area contributed by atoms with Gasteiger partial charge < -0.3 is 20.2 Å². The van der Waals surface area contributed by atoms with Crippen LogP contribution in [-0.4, -0.2) is 17.2 Å². The van der Waals surface area contributed by atoms with E-state index in [0.717, 1.165) is 22.6 Å². The average Bonchev–Trinajstić information content (AvgIpc) is 3.26. The Labute approximate surface area is 133 Å². The van der Waals surface area contributed by atoms with Crippen molar-refractivity contribution >= 4 is 17.4 Å². The number of rotatable bonds is 5. The van der Waals surface area contributed by atoms with Gasteiger partial charge in [0.25, 0.3) is 0 Å². The molecule has 2 amide bonds. The molecule has 1 fully saturated rings. The highest BCUT2D eigenvalue weighted by Crippen LogP contribution is 2.28. The van der Waals surface area contributed by atoms with Crippen molar-refractivity contribution < 1.29 is 14.3 Å². The number of nitrogens with one attached hydrogen (secondary N) is 2. The number of hydrogen-bond donors (Lipinski definition) is 3. The molecule has 0 aliphatic heterocycles. The van der Waals surface area contributed by atoms with Crippen LogP contribution in [0.4, 0.5) is 4.79 Å². The third-order valence-electron chi connectivity index (χ3n) is 3.88. The Morgan fingerprint density at radius 3 is 2.91 bits per heavy atom. The maximum Gasteiger partial charge on any atom is 0.315 e. The van der Waals surface area contributed by atoms with E-state index in [9.17, 15) is 9.90 Å². The summed E-state index contributed by atoms with van der Waals surface area (Å²) in [6.45, 7) is 0.466. The molecule has 0 radical (unpaired) electrons. The normalized spacial score (nSPS) is 16.6. The van der Waals surface area contributed by atoms with Gasteiger partial charge in [-0.15, -0.1) is 11.3 Å². The van der Waals surface area contributed by atoms with Gasteiger partial charge in [0.2, 0.25) is 0 Å². The maximum atomic E-state index is 11.8. The molecule has 2 aromatic heterocycles. The first kappa shape index (κ1) is 15.1. The molecule has 6 heteroatoms. The van der Waals surface area contributed by atoms with Crippen molar-refractivity contribution in [1.29, 1.82) is 0 Å². The van der Waals surface area contributed by atoms with Gasteiger partial charge in [-0.3, -0.25) is 0 Å². The van der Waals surface area contributed by atoms with E-state index >= 15 is 0 Å². The zero-order valence-corrected chi connectivity index (χ0v) is 13.1. The number of hydrogen-bond acceptors (Lipinski definition) is 4. The molecule has 0 aromatic carbocycles. The Morgan fingerprint density at radius 2 is 2.18 bits per heavy atom. The molecule has 2 aromatic rings. The standard InChI is InChI=1S/C16H20N2O3S/c19-15(13-6-3-9-21-13)14-8-7-12(22-14)10-17-16(20)18-11-4-1-2-5-11/h3,6-9,11,15,19H,1-2,4-5,10H2,(H2,17,18,20). The van der Waals surface area contributed by atoms with Crippen molar-refractivity contribution in [2.75, 3.05) is 0 Å². The van der Waals surface area contributed by atoms with E-state index in [0.29, 0.717) is 18.3 Å². The van der Waals surface area contributed by atoms with Gasteiger partial charge in [-0.25, -0.2) is 4.79 Å². The molecular formula is C16H20N2O3S. The number of thiophene rings is 1. The van der Waals surface area contributed by atoms with Crippen molar-refractivity contribution in [3.63, 3.8) is 0 Å². The summed E-state index contributed by atoms with van der Waals surface area (Å²) in [6.07, 6.45) is 5.34. The number of furan rings is 1. The van der Waals surface area contributed by atoms with Crippen molar-refractivity contribution in [1.82, 2.24) is 10.6 Å². The van der Waals surface area contributed by atoms with Crippen LogP contribution in [-0.2, 0) is 6.54 Å². The topological polar surface area (TPSA) is 74.5 Å². The summed E-state index contributed by atoms with van der Waals surface area (Å²) in [5, 5.41) is 16.0. The molecule has 1 aliphatic rings. The van der Waals surface area contributed by atoms with Crippen LogP contribution in [0.25, 0.3) is 0 Å². The number of amides is 2. The van der Waals surface area contributed by atoms with Crippen LogP contribution in [0, 0.1) is 0 Å². The molecule has 3 N–H and O–H groups in total. The lowest BCUT2D eigenvalue weighted by Crippen LogP contribution is -2.40. The molecule has 0 saturated heterocycles. The van der Waals surface area contributed by atoms with Crippen molar-refractivity contribution in [2.45, 2.75) is 44.4 Å². The fourth-order valence-corrected chi connectivity index (χ4v) is 3.64. The lowest BCUT2D eigenvalue weighted by atomic mass is 10.2. The smallest absolute Gasteiger partial charge is 0.315 e. The van der Waals surface area contributed by atoms with Gasteiger partial charge in [0.15, 0.2) is 0 Å². The highest BCUT2D eigenvalue weighted by atomic mass is 32.1. The molecule has 0 bridgehead atoms. The second-order valence-electron chi connectivity index (χ2n) is 5.53. The van der Waals surface area contributed by atoms with E-state index in [4.69, 9.17) is 4.42 Å². The number of carbonyl (C=O) groups excluding carboxylic acids is 1. The minimum Gasteiger partial charge on any atom is -0.466 e. The first-order valence-corrected chi connectivity index (χ1v) is 8.38. The van der Waals surface area contributed by atoms with E-state index in [1.165, 1.54) is 24.2 Å². The van der Waals surface area contributed by atoms with Gasteiger partial charge in [0, 0.05) is 15.8 Å². The second kappa shape index (κ2) is 6.98. The van der Waals surface area contributed by atoms with Crippen LogP contribution >= 0.6 is 11.3 Å². The SMILES string of the molecule is O=C(NCc1ccc(C(O)c2ccco2)s1)NC1CCCC1. The molecule has 22 heavy (non-hydrogen) atoms. The van der Waals surface area contributed by atoms with E-state index < -0.39 is 6.10 Å². The van der Waals surface area contributed by atoms with Crippen LogP contribution in [0.1, 0.15) is 47.3 Å². The van der Waals surface area contributed by atoms with E-state index in [1.54, 1.807) is 18.4 Å². The van der Waals surface area contributed by atoms with Gasteiger partial charge in [0.1, 0.15) is 11.9 Å². The van der Waals surface area contributed by atoms with Gasteiger partial charge in [0.05, 0.1) is 12.8 Å². The molecule has 1 unspecified atom stereocenters. The molecule has 5 nitrogen and oxygen atoms in total. The van der Waals surface area contributed by atoms with Gasteiger partial charge in [-0.2, -0.15) is 0 Å². The summed E-state index contributed by atoms with van der Waals surface area (Å²) in [5.41, 5.74) is 0. The summed E-state index contributed by atoms with van der Waals surface area (Å²) in [5.74, 6) is 0.528. The Morgan fingerprint density at radius 1 is 1.36 bits per heavy atom. The van der Waals surface area contributed by atoms with Crippen LogP contribution < -0.4 is 10.6 Å². The van der Waals surface area contributed by atoms with Crippen LogP contribution in [0.5, 0.6) is 0 Å². The maximum absolute atomic E-state index is 11.8. The largest absolute Gasteiger partial charge is 0.466 e. The second-order valence-corrected chi connectivity index (χ2v) is 6.73.